The van der Waals surface area contributed by atoms with Crippen molar-refractivity contribution in [3.63, 3.8) is 0 Å². The van der Waals surface area contributed by atoms with Crippen molar-refractivity contribution in [2.45, 2.75) is 6.42 Å². The average Bonchev–Trinajstić information content (AvgIpc) is 2.80. The molecule has 0 saturated heterocycles. The number of rotatable bonds is 3. The Hall–Kier alpha value is -3.02. The van der Waals surface area contributed by atoms with Gasteiger partial charge in [-0.15, -0.1) is 5.10 Å². The maximum Gasteiger partial charge on any atom is 0.211 e. The lowest BCUT2D eigenvalue weighted by Gasteiger charge is -2.09. The van der Waals surface area contributed by atoms with E-state index in [9.17, 15) is 0 Å². The van der Waals surface area contributed by atoms with Crippen molar-refractivity contribution in [3.05, 3.63) is 48.0 Å². The lowest BCUT2D eigenvalue weighted by atomic mass is 10.0. The van der Waals surface area contributed by atoms with Gasteiger partial charge in [-0.3, -0.25) is 0 Å². The predicted molar refractivity (Wildman–Crippen MR) is 90.9 cm³/mol. The molecule has 0 bridgehead atoms. The molecule has 0 aromatic heterocycles. The van der Waals surface area contributed by atoms with E-state index in [1.165, 1.54) is 0 Å². The van der Waals surface area contributed by atoms with E-state index in [2.05, 4.69) is 10.2 Å². The van der Waals surface area contributed by atoms with Crippen LogP contribution in [0.25, 0.3) is 11.1 Å². The number of benzene rings is 2. The molecule has 0 amide bonds. The van der Waals surface area contributed by atoms with Gasteiger partial charge in [-0.05, 0) is 28.8 Å². The SMILES string of the molecule is NC(N)=NN=Cc1ccc(-c2ccc3c(c2)OCCCO3)cc1. The van der Waals surface area contributed by atoms with Crippen LogP contribution in [-0.4, -0.2) is 25.4 Å². The molecule has 23 heavy (non-hydrogen) atoms. The van der Waals surface area contributed by atoms with Crippen LogP contribution in [0.1, 0.15) is 12.0 Å². The molecule has 0 atom stereocenters. The minimum absolute atomic E-state index is 0.0648. The summed E-state index contributed by atoms with van der Waals surface area (Å²) in [4.78, 5) is 0. The molecule has 3 rings (SSSR count). The van der Waals surface area contributed by atoms with Crippen LogP contribution in [0.3, 0.4) is 0 Å². The van der Waals surface area contributed by atoms with Gasteiger partial charge in [0.05, 0.1) is 19.4 Å². The van der Waals surface area contributed by atoms with Gasteiger partial charge >= 0.3 is 0 Å². The van der Waals surface area contributed by atoms with E-state index in [0.29, 0.717) is 13.2 Å². The van der Waals surface area contributed by atoms with Crippen molar-refractivity contribution in [1.29, 1.82) is 0 Å². The van der Waals surface area contributed by atoms with Crippen molar-refractivity contribution in [2.24, 2.45) is 21.7 Å². The van der Waals surface area contributed by atoms with E-state index in [4.69, 9.17) is 20.9 Å². The highest BCUT2D eigenvalue weighted by Gasteiger charge is 2.11. The summed E-state index contributed by atoms with van der Waals surface area (Å²) >= 11 is 0. The van der Waals surface area contributed by atoms with Crippen LogP contribution in [0.5, 0.6) is 11.5 Å². The molecule has 118 valence electrons. The molecule has 2 aromatic carbocycles. The summed E-state index contributed by atoms with van der Waals surface area (Å²) in [5, 5.41) is 7.36. The van der Waals surface area contributed by atoms with Gasteiger partial charge in [0.15, 0.2) is 11.5 Å². The number of hydrogen-bond donors (Lipinski definition) is 2. The number of ether oxygens (including phenoxy) is 2. The van der Waals surface area contributed by atoms with E-state index in [1.54, 1.807) is 6.21 Å². The van der Waals surface area contributed by atoms with E-state index < -0.39 is 0 Å². The Labute approximate surface area is 134 Å². The predicted octanol–water partition coefficient (Wildman–Crippen LogP) is 2.12. The lowest BCUT2D eigenvalue weighted by Crippen LogP contribution is -2.21. The van der Waals surface area contributed by atoms with Gasteiger partial charge in [0.25, 0.3) is 0 Å². The second-order valence-corrected chi connectivity index (χ2v) is 5.10. The number of guanidine groups is 1. The number of fused-ring (bicyclic) bond motifs is 1. The van der Waals surface area contributed by atoms with Crippen LogP contribution >= 0.6 is 0 Å². The van der Waals surface area contributed by atoms with E-state index in [-0.39, 0.29) is 5.96 Å². The second-order valence-electron chi connectivity index (χ2n) is 5.10. The summed E-state index contributed by atoms with van der Waals surface area (Å²) in [6, 6.07) is 13.9. The van der Waals surface area contributed by atoms with Gasteiger partial charge in [-0.25, -0.2) is 0 Å². The zero-order chi connectivity index (χ0) is 16.1. The van der Waals surface area contributed by atoms with E-state index in [0.717, 1.165) is 34.6 Å². The maximum atomic E-state index is 5.73. The van der Waals surface area contributed by atoms with Crippen LogP contribution in [0.15, 0.2) is 52.7 Å². The molecular formula is C17H18N4O2. The molecule has 0 radical (unpaired) electrons. The van der Waals surface area contributed by atoms with Gasteiger partial charge in [-0.2, -0.15) is 5.10 Å². The Kier molecular flexibility index (Phi) is 4.42. The normalized spacial score (nSPS) is 13.6. The van der Waals surface area contributed by atoms with Crippen molar-refractivity contribution >= 4 is 12.2 Å². The summed E-state index contributed by atoms with van der Waals surface area (Å²) < 4.78 is 11.4. The van der Waals surface area contributed by atoms with Crippen molar-refractivity contribution in [1.82, 2.24) is 0 Å². The van der Waals surface area contributed by atoms with Crippen LogP contribution < -0.4 is 20.9 Å². The highest BCUT2D eigenvalue weighted by Crippen LogP contribution is 2.34. The molecule has 6 heteroatoms. The summed E-state index contributed by atoms with van der Waals surface area (Å²) in [5.74, 6) is 1.52. The van der Waals surface area contributed by atoms with Crippen LogP contribution in [0.2, 0.25) is 0 Å². The lowest BCUT2D eigenvalue weighted by molar-refractivity contribution is 0.297. The number of nitrogens with two attached hydrogens (primary N) is 2. The quantitative estimate of drug-likeness (QED) is 0.515. The molecule has 0 saturated carbocycles. The maximum absolute atomic E-state index is 5.73. The third-order valence-electron chi connectivity index (χ3n) is 3.37. The summed E-state index contributed by atoms with van der Waals surface area (Å²) in [6.07, 6.45) is 2.49. The van der Waals surface area contributed by atoms with Gasteiger partial charge in [0.2, 0.25) is 5.96 Å². The molecule has 1 heterocycles. The molecular weight excluding hydrogens is 292 g/mol. The molecule has 1 aliphatic heterocycles. The van der Waals surface area contributed by atoms with Gasteiger partial charge in [0, 0.05) is 6.42 Å². The Morgan fingerprint density at radius 1 is 0.913 bits per heavy atom. The van der Waals surface area contributed by atoms with Crippen LogP contribution in [0.4, 0.5) is 0 Å². The van der Waals surface area contributed by atoms with Crippen molar-refractivity contribution < 1.29 is 9.47 Å². The largest absolute Gasteiger partial charge is 0.490 e. The van der Waals surface area contributed by atoms with Gasteiger partial charge < -0.3 is 20.9 Å². The topological polar surface area (TPSA) is 95.2 Å². The molecule has 1 aliphatic rings. The molecule has 6 nitrogen and oxygen atoms in total. The zero-order valence-electron chi connectivity index (χ0n) is 12.6. The van der Waals surface area contributed by atoms with Crippen molar-refractivity contribution in [2.75, 3.05) is 13.2 Å². The van der Waals surface area contributed by atoms with Crippen LogP contribution in [-0.2, 0) is 0 Å². The fourth-order valence-electron chi connectivity index (χ4n) is 2.27. The molecule has 4 N–H and O–H groups in total. The fraction of sp³-hybridized carbons (Fsp3) is 0.176. The molecule has 0 fully saturated rings. The molecule has 0 unspecified atom stereocenters. The first-order valence-electron chi connectivity index (χ1n) is 7.34. The monoisotopic (exact) mass is 310 g/mol. The van der Waals surface area contributed by atoms with Crippen molar-refractivity contribution in [3.8, 4) is 22.6 Å². The third-order valence-corrected chi connectivity index (χ3v) is 3.37. The first-order chi connectivity index (χ1) is 11.2. The Bertz CT molecular complexity index is 735. The minimum atomic E-state index is -0.0648. The van der Waals surface area contributed by atoms with Gasteiger partial charge in [-0.1, -0.05) is 30.3 Å². The third kappa shape index (κ3) is 3.79. The first kappa shape index (κ1) is 14.9. The smallest absolute Gasteiger partial charge is 0.211 e. The number of nitrogens with zero attached hydrogens (tertiary/aromatic N) is 2. The highest BCUT2D eigenvalue weighted by atomic mass is 16.5. The average molecular weight is 310 g/mol. The summed E-state index contributed by atoms with van der Waals surface area (Å²) in [7, 11) is 0. The first-order valence-corrected chi connectivity index (χ1v) is 7.34. The zero-order valence-corrected chi connectivity index (χ0v) is 12.6. The van der Waals surface area contributed by atoms with Crippen LogP contribution in [0, 0.1) is 0 Å². The molecule has 2 aromatic rings. The second kappa shape index (κ2) is 6.83. The Balaban J connectivity index is 1.81. The molecule has 0 aliphatic carbocycles. The summed E-state index contributed by atoms with van der Waals surface area (Å²) in [6.45, 7) is 1.37. The fourth-order valence-corrected chi connectivity index (χ4v) is 2.27. The van der Waals surface area contributed by atoms with Gasteiger partial charge in [0.1, 0.15) is 0 Å². The minimum Gasteiger partial charge on any atom is -0.490 e. The standard InChI is InChI=1S/C17H18N4O2/c18-17(19)21-20-11-12-2-4-13(5-3-12)14-6-7-15-16(10-14)23-9-1-8-22-15/h2-7,10-11H,1,8-9H2,(H4,18,19,21). The molecule has 0 spiro atoms. The number of hydrogen-bond acceptors (Lipinski definition) is 4. The highest BCUT2D eigenvalue weighted by molar-refractivity contribution is 5.82. The summed E-state index contributed by atoms with van der Waals surface area (Å²) in [5.41, 5.74) is 13.5. The van der Waals surface area contributed by atoms with E-state index in [1.807, 2.05) is 42.5 Å². The van der Waals surface area contributed by atoms with E-state index >= 15 is 0 Å². The Morgan fingerprint density at radius 3 is 2.35 bits per heavy atom. The Morgan fingerprint density at radius 2 is 1.61 bits per heavy atom.